The van der Waals surface area contributed by atoms with E-state index in [4.69, 9.17) is 16.3 Å². The molecule has 1 aromatic heterocycles. The van der Waals surface area contributed by atoms with Gasteiger partial charge in [-0.15, -0.1) is 0 Å². The number of para-hydroxylation sites is 1. The molecule has 34 heavy (non-hydrogen) atoms. The number of nitrogens with one attached hydrogen (secondary N) is 1. The first-order chi connectivity index (χ1) is 16.1. The van der Waals surface area contributed by atoms with Crippen LogP contribution in [-0.4, -0.2) is 32.3 Å². The Kier molecular flexibility index (Phi) is 7.42. The number of aryl methyl sites for hydroxylation is 1. The van der Waals surface area contributed by atoms with Gasteiger partial charge in [0.15, 0.2) is 0 Å². The van der Waals surface area contributed by atoms with Crippen LogP contribution in [0, 0.1) is 24.0 Å². The zero-order valence-electron chi connectivity index (χ0n) is 18.9. The van der Waals surface area contributed by atoms with E-state index in [1.807, 2.05) is 0 Å². The number of carbonyl (C=O) groups is 2. The number of halogens is 1. The van der Waals surface area contributed by atoms with E-state index in [1.54, 1.807) is 56.3 Å². The number of hydrogen-bond donors (Lipinski definition) is 1. The largest absolute Gasteiger partial charge is 0.422 e. The van der Waals surface area contributed by atoms with E-state index in [0.717, 1.165) is 0 Å². The van der Waals surface area contributed by atoms with Gasteiger partial charge in [0.25, 0.3) is 5.91 Å². The molecule has 0 saturated heterocycles. The smallest absolute Gasteiger partial charge is 0.343 e. The van der Waals surface area contributed by atoms with E-state index in [0.29, 0.717) is 16.3 Å². The minimum absolute atomic E-state index is 0.130. The number of esters is 1. The molecule has 0 spiro atoms. The Morgan fingerprint density at radius 1 is 1.21 bits per heavy atom. The van der Waals surface area contributed by atoms with E-state index in [9.17, 15) is 19.7 Å². The summed E-state index contributed by atoms with van der Waals surface area (Å²) in [5.41, 5.74) is 3.97. The third-order valence-corrected chi connectivity index (χ3v) is 5.32. The van der Waals surface area contributed by atoms with Crippen LogP contribution in [0.25, 0.3) is 0 Å². The Labute approximate surface area is 200 Å². The van der Waals surface area contributed by atoms with Crippen molar-refractivity contribution in [2.24, 2.45) is 5.10 Å². The van der Waals surface area contributed by atoms with Crippen molar-refractivity contribution in [3.05, 3.63) is 86.2 Å². The average Bonchev–Trinajstić information content (AvgIpc) is 3.10. The van der Waals surface area contributed by atoms with E-state index in [1.165, 1.54) is 24.6 Å². The van der Waals surface area contributed by atoms with Crippen molar-refractivity contribution in [3.8, 4) is 5.75 Å². The molecule has 176 valence electrons. The lowest BCUT2D eigenvalue weighted by atomic mass is 10.1. The molecule has 1 amide bonds. The van der Waals surface area contributed by atoms with Gasteiger partial charge in [0, 0.05) is 10.6 Å². The predicted octanol–water partition coefficient (Wildman–Crippen LogP) is 4.38. The summed E-state index contributed by atoms with van der Waals surface area (Å²) >= 11 is 5.94. The van der Waals surface area contributed by atoms with Crippen LogP contribution in [0.5, 0.6) is 5.75 Å². The molecule has 0 saturated carbocycles. The first-order valence-electron chi connectivity index (χ1n) is 10.2. The lowest BCUT2D eigenvalue weighted by Gasteiger charge is -2.13. The minimum atomic E-state index is -0.847. The van der Waals surface area contributed by atoms with Crippen LogP contribution < -0.4 is 10.2 Å². The van der Waals surface area contributed by atoms with Gasteiger partial charge in [-0.2, -0.15) is 10.2 Å². The summed E-state index contributed by atoms with van der Waals surface area (Å²) in [5, 5.41) is 19.9. The zero-order valence-corrected chi connectivity index (χ0v) is 19.7. The van der Waals surface area contributed by atoms with Crippen LogP contribution in [0.1, 0.15) is 47.2 Å². The van der Waals surface area contributed by atoms with Crippen molar-refractivity contribution in [1.82, 2.24) is 15.2 Å². The fourth-order valence-corrected chi connectivity index (χ4v) is 3.52. The van der Waals surface area contributed by atoms with Crippen LogP contribution in [0.2, 0.25) is 5.02 Å². The summed E-state index contributed by atoms with van der Waals surface area (Å²) in [6.45, 7) is 6.24. The molecule has 0 aliphatic rings. The third-order valence-electron chi connectivity index (χ3n) is 5.09. The molecule has 3 aromatic rings. The topological polar surface area (TPSA) is 129 Å². The Hall–Kier alpha value is -4.05. The summed E-state index contributed by atoms with van der Waals surface area (Å²) in [6.07, 6.45) is 0. The van der Waals surface area contributed by atoms with Crippen LogP contribution in [0.4, 0.5) is 5.69 Å². The number of benzene rings is 2. The molecular formula is C23H22ClN5O5. The molecule has 0 aliphatic heterocycles. The van der Waals surface area contributed by atoms with Gasteiger partial charge in [-0.1, -0.05) is 29.8 Å². The van der Waals surface area contributed by atoms with Gasteiger partial charge in [0.1, 0.15) is 23.2 Å². The lowest BCUT2D eigenvalue weighted by molar-refractivity contribution is -0.386. The van der Waals surface area contributed by atoms with Gasteiger partial charge in [-0.3, -0.25) is 19.6 Å². The fourth-order valence-electron chi connectivity index (χ4n) is 3.33. The quantitative estimate of drug-likeness (QED) is 0.174. The summed E-state index contributed by atoms with van der Waals surface area (Å²) < 4.78 is 6.80. The molecule has 1 heterocycles. The number of nitro groups is 1. The van der Waals surface area contributed by atoms with E-state index < -0.39 is 22.8 Å². The second-order valence-corrected chi connectivity index (χ2v) is 7.90. The summed E-state index contributed by atoms with van der Waals surface area (Å²) in [7, 11) is 0. The van der Waals surface area contributed by atoms with Crippen molar-refractivity contribution in [2.75, 3.05) is 0 Å². The molecule has 10 nitrogen and oxygen atoms in total. The highest BCUT2D eigenvalue weighted by molar-refractivity contribution is 6.30. The van der Waals surface area contributed by atoms with Gasteiger partial charge < -0.3 is 4.74 Å². The average molecular weight is 484 g/mol. The van der Waals surface area contributed by atoms with E-state index in [2.05, 4.69) is 15.6 Å². The van der Waals surface area contributed by atoms with Crippen LogP contribution in [-0.2, 0) is 4.79 Å². The van der Waals surface area contributed by atoms with Crippen molar-refractivity contribution in [2.45, 2.75) is 33.7 Å². The summed E-state index contributed by atoms with van der Waals surface area (Å²) in [5.74, 6) is -0.857. The number of hydrogen-bond acceptors (Lipinski definition) is 7. The Morgan fingerprint density at radius 3 is 2.56 bits per heavy atom. The standard InChI is InChI=1S/C23H22ClN5O5/c1-13(25-26-22(30)16(4)28-15(3)21(29(32)33)14(2)27-28)19-10-5-6-11-20(19)34-23(31)17-8-7-9-18(24)12-17/h5-12,16H,1-4H3,(H,26,30). The second-order valence-electron chi connectivity index (χ2n) is 7.47. The molecule has 11 heteroatoms. The number of amides is 1. The van der Waals surface area contributed by atoms with E-state index >= 15 is 0 Å². The zero-order chi connectivity index (χ0) is 25.0. The highest BCUT2D eigenvalue weighted by atomic mass is 35.5. The number of hydrazone groups is 1. The molecule has 1 atom stereocenters. The van der Waals surface area contributed by atoms with Crippen LogP contribution in [0.15, 0.2) is 53.6 Å². The lowest BCUT2D eigenvalue weighted by Crippen LogP contribution is -2.29. The third kappa shape index (κ3) is 5.29. The number of aromatic nitrogens is 2. The fraction of sp³-hybridized carbons (Fsp3) is 0.217. The second kappa shape index (κ2) is 10.3. The maximum atomic E-state index is 12.7. The molecule has 3 rings (SSSR count). The highest BCUT2D eigenvalue weighted by Gasteiger charge is 2.27. The van der Waals surface area contributed by atoms with Crippen LogP contribution in [0.3, 0.4) is 0 Å². The highest BCUT2D eigenvalue weighted by Crippen LogP contribution is 2.25. The van der Waals surface area contributed by atoms with Gasteiger partial charge in [0.2, 0.25) is 0 Å². The summed E-state index contributed by atoms with van der Waals surface area (Å²) in [4.78, 5) is 35.9. The Morgan fingerprint density at radius 2 is 1.91 bits per heavy atom. The Balaban J connectivity index is 1.77. The minimum Gasteiger partial charge on any atom is -0.422 e. The number of ether oxygens (including phenoxy) is 1. The maximum absolute atomic E-state index is 12.7. The normalized spacial score (nSPS) is 12.2. The SMILES string of the molecule is CC(=NNC(=O)C(C)n1nc(C)c([N+](=O)[O-])c1C)c1ccccc1OC(=O)c1cccc(Cl)c1. The Bertz CT molecular complexity index is 1300. The van der Waals surface area contributed by atoms with Crippen LogP contribution >= 0.6 is 11.6 Å². The maximum Gasteiger partial charge on any atom is 0.343 e. The summed E-state index contributed by atoms with van der Waals surface area (Å²) in [6, 6.07) is 12.3. The first-order valence-corrected chi connectivity index (χ1v) is 10.6. The van der Waals surface area contributed by atoms with Crippen molar-refractivity contribution in [1.29, 1.82) is 0 Å². The van der Waals surface area contributed by atoms with Crippen molar-refractivity contribution < 1.29 is 19.2 Å². The van der Waals surface area contributed by atoms with Crippen molar-refractivity contribution in [3.63, 3.8) is 0 Å². The molecule has 0 bridgehead atoms. The predicted molar refractivity (Wildman–Crippen MR) is 126 cm³/mol. The molecule has 0 radical (unpaired) electrons. The van der Waals surface area contributed by atoms with Gasteiger partial charge in [0.05, 0.1) is 16.2 Å². The monoisotopic (exact) mass is 483 g/mol. The number of nitrogens with zero attached hydrogens (tertiary/aromatic N) is 4. The molecule has 1 N–H and O–H groups in total. The first kappa shape index (κ1) is 24.6. The molecule has 0 aliphatic carbocycles. The van der Waals surface area contributed by atoms with Gasteiger partial charge in [-0.25, -0.2) is 10.2 Å². The molecule has 1 unspecified atom stereocenters. The van der Waals surface area contributed by atoms with E-state index in [-0.39, 0.29) is 28.4 Å². The number of rotatable bonds is 7. The van der Waals surface area contributed by atoms with Gasteiger partial charge in [-0.05, 0) is 58.0 Å². The molecular weight excluding hydrogens is 462 g/mol. The van der Waals surface area contributed by atoms with Gasteiger partial charge >= 0.3 is 11.7 Å². The number of carbonyl (C=O) groups excluding carboxylic acids is 2. The molecule has 2 aromatic carbocycles. The molecule has 0 fully saturated rings. The van der Waals surface area contributed by atoms with Crippen molar-refractivity contribution >= 4 is 34.9 Å².